The highest BCUT2D eigenvalue weighted by Crippen LogP contribution is 2.64. The van der Waals surface area contributed by atoms with Gasteiger partial charge in [-0.25, -0.2) is 0 Å². The Hall–Kier alpha value is -0.700. The van der Waals surface area contributed by atoms with Gasteiger partial charge in [0.1, 0.15) is 5.54 Å². The molecule has 1 N–H and O–H groups in total. The number of nitrogens with zero attached hydrogens (tertiary/aromatic N) is 1. The van der Waals surface area contributed by atoms with Gasteiger partial charge in [0.05, 0.1) is 5.60 Å². The van der Waals surface area contributed by atoms with E-state index in [-0.39, 0.29) is 5.54 Å². The second-order valence-corrected chi connectivity index (χ2v) is 11.9. The highest BCUT2D eigenvalue weighted by atomic mass is 16.3. The van der Waals surface area contributed by atoms with Gasteiger partial charge in [0.25, 0.3) is 0 Å². The standard InChI is InChI=1S/C25H41NO2/c1-23(2,27)13-5-6-18-8-10-22-21-9-7-17-16-24(3,26-28)14-11-19(17)20(21)12-15-25(18,22)4/h7,18-22,27H,5-6,8-16H2,1-4H3/t18?,19?,20?,21?,22?,24-,25?/m0/s1. The summed E-state index contributed by atoms with van der Waals surface area (Å²) in [5, 5.41) is 13.6. The van der Waals surface area contributed by atoms with Crippen LogP contribution in [0.1, 0.15) is 98.3 Å². The first-order valence-corrected chi connectivity index (χ1v) is 11.9. The van der Waals surface area contributed by atoms with Crippen LogP contribution in [0.4, 0.5) is 0 Å². The summed E-state index contributed by atoms with van der Waals surface area (Å²) in [5.41, 5.74) is 1.21. The van der Waals surface area contributed by atoms with Crippen molar-refractivity contribution in [2.45, 2.75) is 109 Å². The van der Waals surface area contributed by atoms with Crippen LogP contribution in [-0.2, 0) is 0 Å². The molecule has 7 atom stereocenters. The van der Waals surface area contributed by atoms with Gasteiger partial charge >= 0.3 is 0 Å². The molecule has 3 nitrogen and oxygen atoms in total. The third-order valence-electron chi connectivity index (χ3n) is 9.47. The number of nitroso groups, excluding NO2 is 1. The van der Waals surface area contributed by atoms with Crippen LogP contribution in [-0.4, -0.2) is 16.2 Å². The van der Waals surface area contributed by atoms with Gasteiger partial charge in [-0.1, -0.05) is 30.2 Å². The lowest BCUT2D eigenvalue weighted by atomic mass is 9.51. The fourth-order valence-corrected chi connectivity index (χ4v) is 7.91. The third-order valence-corrected chi connectivity index (χ3v) is 9.47. The summed E-state index contributed by atoms with van der Waals surface area (Å²) in [6.07, 6.45) is 15.8. The largest absolute Gasteiger partial charge is 0.390 e. The lowest BCUT2D eigenvalue weighted by Crippen LogP contribution is -2.47. The van der Waals surface area contributed by atoms with Crippen molar-refractivity contribution < 1.29 is 5.11 Å². The molecule has 4 rings (SSSR count). The van der Waals surface area contributed by atoms with Gasteiger partial charge in [-0.2, -0.15) is 4.91 Å². The Labute approximate surface area is 171 Å². The molecular formula is C25H41NO2. The molecule has 0 amide bonds. The highest BCUT2D eigenvalue weighted by Gasteiger charge is 2.56. The van der Waals surface area contributed by atoms with Gasteiger partial charge < -0.3 is 5.11 Å². The van der Waals surface area contributed by atoms with E-state index in [0.29, 0.717) is 5.41 Å². The molecule has 6 unspecified atom stereocenters. The summed E-state index contributed by atoms with van der Waals surface area (Å²) < 4.78 is 0. The van der Waals surface area contributed by atoms with E-state index < -0.39 is 5.60 Å². The number of rotatable bonds is 5. The molecule has 0 saturated heterocycles. The molecule has 4 aliphatic carbocycles. The number of hydrogen-bond acceptors (Lipinski definition) is 3. The Morgan fingerprint density at radius 1 is 1.14 bits per heavy atom. The van der Waals surface area contributed by atoms with Crippen LogP contribution in [0, 0.1) is 39.9 Å². The maximum absolute atomic E-state index is 11.3. The number of aliphatic hydroxyl groups is 1. The second kappa shape index (κ2) is 7.22. The molecule has 3 saturated carbocycles. The van der Waals surface area contributed by atoms with Gasteiger partial charge in [0, 0.05) is 0 Å². The topological polar surface area (TPSA) is 49.7 Å². The molecule has 28 heavy (non-hydrogen) atoms. The zero-order valence-electron chi connectivity index (χ0n) is 18.5. The Bertz CT molecular complexity index is 635. The predicted octanol–water partition coefficient (Wildman–Crippen LogP) is 6.64. The van der Waals surface area contributed by atoms with E-state index in [1.54, 1.807) is 5.57 Å². The molecular weight excluding hydrogens is 346 g/mol. The third kappa shape index (κ3) is 3.61. The molecule has 4 aliphatic rings. The van der Waals surface area contributed by atoms with E-state index in [2.05, 4.69) is 25.1 Å². The monoisotopic (exact) mass is 387 g/mol. The van der Waals surface area contributed by atoms with Crippen LogP contribution in [0.15, 0.2) is 16.8 Å². The molecule has 0 aromatic carbocycles. The van der Waals surface area contributed by atoms with Crippen LogP contribution in [0.2, 0.25) is 0 Å². The average Bonchev–Trinajstić information content (AvgIpc) is 2.97. The minimum absolute atomic E-state index is 0.350. The fraction of sp³-hybridized carbons (Fsp3) is 0.920. The summed E-state index contributed by atoms with van der Waals surface area (Å²) >= 11 is 0. The minimum Gasteiger partial charge on any atom is -0.390 e. The Balaban J connectivity index is 1.45. The van der Waals surface area contributed by atoms with Crippen molar-refractivity contribution in [1.29, 1.82) is 0 Å². The molecule has 0 aromatic heterocycles. The van der Waals surface area contributed by atoms with Crippen molar-refractivity contribution in [2.75, 3.05) is 0 Å². The Kier molecular flexibility index (Phi) is 5.30. The van der Waals surface area contributed by atoms with Gasteiger partial charge in [0.2, 0.25) is 0 Å². The summed E-state index contributed by atoms with van der Waals surface area (Å²) in [5.74, 6) is 4.17. The van der Waals surface area contributed by atoms with Crippen LogP contribution in [0.5, 0.6) is 0 Å². The molecule has 3 heteroatoms. The number of hydrogen-bond donors (Lipinski definition) is 1. The average molecular weight is 388 g/mol. The maximum atomic E-state index is 11.3. The number of fused-ring (bicyclic) bond motifs is 5. The normalized spacial score (nSPS) is 45.6. The van der Waals surface area contributed by atoms with Crippen molar-refractivity contribution >= 4 is 0 Å². The first-order chi connectivity index (χ1) is 13.2. The second-order valence-electron chi connectivity index (χ2n) is 11.9. The lowest BCUT2D eigenvalue weighted by molar-refractivity contribution is -0.0180. The summed E-state index contributed by atoms with van der Waals surface area (Å²) in [7, 11) is 0. The van der Waals surface area contributed by atoms with Crippen molar-refractivity contribution in [3.8, 4) is 0 Å². The van der Waals surface area contributed by atoms with E-state index in [1.807, 2.05) is 13.8 Å². The zero-order valence-corrected chi connectivity index (χ0v) is 18.5. The molecule has 0 spiro atoms. The lowest BCUT2D eigenvalue weighted by Gasteiger charge is -2.54. The maximum Gasteiger partial charge on any atom is 0.104 e. The van der Waals surface area contributed by atoms with Crippen molar-refractivity contribution in [3.63, 3.8) is 0 Å². The quantitative estimate of drug-likeness (QED) is 0.424. The zero-order chi connectivity index (χ0) is 20.2. The van der Waals surface area contributed by atoms with Gasteiger partial charge in [0.15, 0.2) is 0 Å². The number of allylic oxidation sites excluding steroid dienone is 1. The minimum atomic E-state index is -0.521. The van der Waals surface area contributed by atoms with E-state index in [9.17, 15) is 10.0 Å². The van der Waals surface area contributed by atoms with Crippen molar-refractivity contribution in [1.82, 2.24) is 0 Å². The first kappa shape index (κ1) is 20.6. The summed E-state index contributed by atoms with van der Waals surface area (Å²) in [4.78, 5) is 11.3. The van der Waals surface area contributed by atoms with Crippen molar-refractivity contribution in [3.05, 3.63) is 16.6 Å². The van der Waals surface area contributed by atoms with Crippen LogP contribution in [0.25, 0.3) is 0 Å². The molecule has 3 fully saturated rings. The van der Waals surface area contributed by atoms with Gasteiger partial charge in [-0.15, -0.1) is 0 Å². The Morgan fingerprint density at radius 2 is 1.93 bits per heavy atom. The van der Waals surface area contributed by atoms with Gasteiger partial charge in [-0.05, 0) is 120 Å². The molecule has 0 radical (unpaired) electrons. The smallest absolute Gasteiger partial charge is 0.104 e. The van der Waals surface area contributed by atoms with E-state index in [4.69, 9.17) is 0 Å². The van der Waals surface area contributed by atoms with Crippen LogP contribution < -0.4 is 0 Å². The van der Waals surface area contributed by atoms with E-state index >= 15 is 0 Å². The Morgan fingerprint density at radius 3 is 2.64 bits per heavy atom. The molecule has 0 heterocycles. The molecule has 0 bridgehead atoms. The molecule has 0 aliphatic heterocycles. The SMILES string of the molecule is CC(C)(O)CCCC1CCC2C3CC=C4C[C@@](C)(N=O)CCC4C3CCC12C. The fourth-order valence-electron chi connectivity index (χ4n) is 7.91. The highest BCUT2D eigenvalue weighted by molar-refractivity contribution is 5.22. The predicted molar refractivity (Wildman–Crippen MR) is 115 cm³/mol. The molecule has 0 aromatic rings. The van der Waals surface area contributed by atoms with Crippen molar-refractivity contribution in [2.24, 2.45) is 40.2 Å². The summed E-state index contributed by atoms with van der Waals surface area (Å²) in [6.45, 7) is 8.54. The molecule has 158 valence electrons. The van der Waals surface area contributed by atoms with Crippen LogP contribution in [0.3, 0.4) is 0 Å². The van der Waals surface area contributed by atoms with Gasteiger partial charge in [-0.3, -0.25) is 0 Å². The van der Waals surface area contributed by atoms with E-state index in [1.165, 1.54) is 44.9 Å². The first-order valence-electron chi connectivity index (χ1n) is 11.9. The van der Waals surface area contributed by atoms with E-state index in [0.717, 1.165) is 55.3 Å². The van der Waals surface area contributed by atoms with Crippen LogP contribution >= 0.6 is 0 Å². The summed E-state index contributed by atoms with van der Waals surface area (Å²) in [6, 6.07) is 0.